The first-order valence-electron chi connectivity index (χ1n) is 7.94. The lowest BCUT2D eigenvalue weighted by atomic mass is 10.2. The maximum absolute atomic E-state index is 12.3. The van der Waals surface area contributed by atoms with Crippen LogP contribution in [0.25, 0.3) is 0 Å². The molecule has 0 aliphatic heterocycles. The van der Waals surface area contributed by atoms with Crippen LogP contribution in [0.5, 0.6) is 0 Å². The van der Waals surface area contributed by atoms with Crippen LogP contribution in [0.2, 0.25) is 10.0 Å². The van der Waals surface area contributed by atoms with E-state index in [1.807, 2.05) is 42.5 Å². The zero-order chi connectivity index (χ0) is 18.4. The summed E-state index contributed by atoms with van der Waals surface area (Å²) in [6.45, 7) is 0.894. The Balaban J connectivity index is 1.60. The number of nitrogens with zero attached hydrogens (tertiary/aromatic N) is 2. The van der Waals surface area contributed by atoms with E-state index in [9.17, 15) is 4.79 Å². The Hall–Kier alpha value is -2.63. The minimum Gasteiger partial charge on any atom is -0.366 e. The molecule has 2 N–H and O–H groups in total. The molecule has 0 saturated carbocycles. The van der Waals surface area contributed by atoms with Crippen molar-refractivity contribution in [2.24, 2.45) is 0 Å². The Morgan fingerprint density at radius 1 is 0.962 bits per heavy atom. The largest absolute Gasteiger partial charge is 0.366 e. The molecule has 0 aliphatic carbocycles. The molecule has 26 heavy (non-hydrogen) atoms. The highest BCUT2D eigenvalue weighted by molar-refractivity contribution is 6.31. The van der Waals surface area contributed by atoms with Crippen LogP contribution in [0, 0.1) is 0 Å². The monoisotopic (exact) mass is 386 g/mol. The van der Waals surface area contributed by atoms with Crippen LogP contribution >= 0.6 is 23.2 Å². The SMILES string of the molecule is O=C(NCc1ccccc1Cl)c1cc(NCc2ccc(Cl)cc2)ncn1. The molecule has 0 aliphatic rings. The molecule has 1 aromatic heterocycles. The Morgan fingerprint density at radius 3 is 2.50 bits per heavy atom. The second kappa shape index (κ2) is 8.65. The highest BCUT2D eigenvalue weighted by atomic mass is 35.5. The van der Waals surface area contributed by atoms with Gasteiger partial charge >= 0.3 is 0 Å². The van der Waals surface area contributed by atoms with Crippen molar-refractivity contribution >= 4 is 34.9 Å². The number of hydrogen-bond donors (Lipinski definition) is 2. The molecule has 3 rings (SSSR count). The zero-order valence-electron chi connectivity index (χ0n) is 13.7. The van der Waals surface area contributed by atoms with E-state index in [4.69, 9.17) is 23.2 Å². The molecule has 1 heterocycles. The lowest BCUT2D eigenvalue weighted by molar-refractivity contribution is 0.0946. The van der Waals surface area contributed by atoms with Gasteiger partial charge in [-0.3, -0.25) is 4.79 Å². The van der Waals surface area contributed by atoms with Crippen LogP contribution in [-0.4, -0.2) is 15.9 Å². The number of carbonyl (C=O) groups is 1. The molecule has 5 nitrogen and oxygen atoms in total. The minimum atomic E-state index is -0.290. The fraction of sp³-hybridized carbons (Fsp3) is 0.105. The molecular formula is C19H16Cl2N4O. The summed E-state index contributed by atoms with van der Waals surface area (Å²) in [6.07, 6.45) is 1.36. The van der Waals surface area contributed by atoms with Crippen LogP contribution in [-0.2, 0) is 13.1 Å². The van der Waals surface area contributed by atoms with Gasteiger partial charge in [0.2, 0.25) is 0 Å². The molecule has 0 atom stereocenters. The van der Waals surface area contributed by atoms with Gasteiger partial charge in [0, 0.05) is 29.2 Å². The normalized spacial score (nSPS) is 10.4. The molecule has 0 unspecified atom stereocenters. The second-order valence-electron chi connectivity index (χ2n) is 5.54. The van der Waals surface area contributed by atoms with Crippen LogP contribution in [0.4, 0.5) is 5.82 Å². The molecule has 0 fully saturated rings. The van der Waals surface area contributed by atoms with E-state index in [0.717, 1.165) is 11.1 Å². The van der Waals surface area contributed by atoms with Gasteiger partial charge in [0.15, 0.2) is 0 Å². The number of halogens is 2. The van der Waals surface area contributed by atoms with E-state index >= 15 is 0 Å². The topological polar surface area (TPSA) is 66.9 Å². The van der Waals surface area contributed by atoms with Gasteiger partial charge in [0.05, 0.1) is 0 Å². The summed E-state index contributed by atoms with van der Waals surface area (Å²) in [6, 6.07) is 16.5. The van der Waals surface area contributed by atoms with Gasteiger partial charge in [-0.25, -0.2) is 9.97 Å². The maximum atomic E-state index is 12.3. The van der Waals surface area contributed by atoms with Crippen molar-refractivity contribution in [2.75, 3.05) is 5.32 Å². The lowest BCUT2D eigenvalue weighted by Gasteiger charge is -2.09. The molecule has 3 aromatic rings. The van der Waals surface area contributed by atoms with Crippen LogP contribution < -0.4 is 10.6 Å². The Morgan fingerprint density at radius 2 is 1.73 bits per heavy atom. The van der Waals surface area contributed by atoms with E-state index in [0.29, 0.717) is 29.0 Å². The fourth-order valence-corrected chi connectivity index (χ4v) is 2.61. The van der Waals surface area contributed by atoms with Crippen molar-refractivity contribution in [1.29, 1.82) is 0 Å². The second-order valence-corrected chi connectivity index (χ2v) is 6.39. The van der Waals surface area contributed by atoms with E-state index in [2.05, 4.69) is 20.6 Å². The van der Waals surface area contributed by atoms with Gasteiger partial charge in [-0.15, -0.1) is 0 Å². The molecule has 0 saturated heterocycles. The first-order chi connectivity index (χ1) is 12.6. The fourth-order valence-electron chi connectivity index (χ4n) is 2.28. The van der Waals surface area contributed by atoms with Crippen molar-refractivity contribution in [2.45, 2.75) is 13.1 Å². The quantitative estimate of drug-likeness (QED) is 0.661. The highest BCUT2D eigenvalue weighted by Gasteiger charge is 2.09. The number of rotatable bonds is 6. The van der Waals surface area contributed by atoms with Crippen LogP contribution in [0.15, 0.2) is 60.9 Å². The van der Waals surface area contributed by atoms with E-state index < -0.39 is 0 Å². The molecule has 132 valence electrons. The molecule has 0 bridgehead atoms. The first-order valence-corrected chi connectivity index (χ1v) is 8.69. The summed E-state index contributed by atoms with van der Waals surface area (Å²) in [5, 5.41) is 7.27. The Kier molecular flexibility index (Phi) is 6.04. The number of amides is 1. The van der Waals surface area contributed by atoms with Crippen molar-refractivity contribution < 1.29 is 4.79 Å². The number of carbonyl (C=O) groups excluding carboxylic acids is 1. The standard InChI is InChI=1S/C19H16Cl2N4O/c20-15-7-5-13(6-8-15)10-22-18-9-17(24-12-25-18)19(26)23-11-14-3-1-2-4-16(14)21/h1-9,12H,10-11H2,(H,23,26)(H,22,24,25). The summed E-state index contributed by atoms with van der Waals surface area (Å²) < 4.78 is 0. The third-order valence-electron chi connectivity index (χ3n) is 3.68. The predicted octanol–water partition coefficient (Wildman–Crippen LogP) is 4.33. The van der Waals surface area contributed by atoms with Crippen LogP contribution in [0.1, 0.15) is 21.6 Å². The number of benzene rings is 2. The van der Waals surface area contributed by atoms with Crippen molar-refractivity contribution in [3.63, 3.8) is 0 Å². The van der Waals surface area contributed by atoms with E-state index in [-0.39, 0.29) is 11.6 Å². The van der Waals surface area contributed by atoms with E-state index in [1.54, 1.807) is 12.1 Å². The highest BCUT2D eigenvalue weighted by Crippen LogP contribution is 2.15. The zero-order valence-corrected chi connectivity index (χ0v) is 15.3. The lowest BCUT2D eigenvalue weighted by Crippen LogP contribution is -2.24. The predicted molar refractivity (Wildman–Crippen MR) is 103 cm³/mol. The molecular weight excluding hydrogens is 371 g/mol. The number of aromatic nitrogens is 2. The minimum absolute atomic E-state index is 0.283. The summed E-state index contributed by atoms with van der Waals surface area (Å²) in [5.41, 5.74) is 2.18. The Bertz CT molecular complexity index is 900. The average molecular weight is 387 g/mol. The third kappa shape index (κ3) is 4.94. The summed E-state index contributed by atoms with van der Waals surface area (Å²) in [5.74, 6) is 0.278. The number of anilines is 1. The van der Waals surface area contributed by atoms with Gasteiger partial charge in [-0.05, 0) is 29.3 Å². The van der Waals surface area contributed by atoms with E-state index in [1.165, 1.54) is 6.33 Å². The molecule has 7 heteroatoms. The molecule has 0 radical (unpaired) electrons. The van der Waals surface area contributed by atoms with Gasteiger partial charge in [0.25, 0.3) is 5.91 Å². The summed E-state index contributed by atoms with van der Waals surface area (Å²) in [7, 11) is 0. The van der Waals surface area contributed by atoms with Crippen molar-refractivity contribution in [1.82, 2.24) is 15.3 Å². The van der Waals surface area contributed by atoms with Crippen molar-refractivity contribution in [3.8, 4) is 0 Å². The first kappa shape index (κ1) is 18.2. The smallest absolute Gasteiger partial charge is 0.270 e. The summed E-state index contributed by atoms with van der Waals surface area (Å²) >= 11 is 12.0. The van der Waals surface area contributed by atoms with Crippen LogP contribution in [0.3, 0.4) is 0 Å². The molecule has 1 amide bonds. The maximum Gasteiger partial charge on any atom is 0.270 e. The molecule has 0 spiro atoms. The van der Waals surface area contributed by atoms with Gasteiger partial charge in [0.1, 0.15) is 17.8 Å². The number of nitrogens with one attached hydrogen (secondary N) is 2. The molecule has 2 aromatic carbocycles. The third-order valence-corrected chi connectivity index (χ3v) is 4.30. The van der Waals surface area contributed by atoms with Gasteiger partial charge < -0.3 is 10.6 Å². The average Bonchev–Trinajstić information content (AvgIpc) is 2.67. The van der Waals surface area contributed by atoms with Crippen molar-refractivity contribution in [3.05, 3.63) is 87.8 Å². The Labute approximate surface area is 161 Å². The van der Waals surface area contributed by atoms with Gasteiger partial charge in [-0.2, -0.15) is 0 Å². The number of hydrogen-bond acceptors (Lipinski definition) is 4. The summed E-state index contributed by atoms with van der Waals surface area (Å²) in [4.78, 5) is 20.5. The van der Waals surface area contributed by atoms with Gasteiger partial charge in [-0.1, -0.05) is 53.5 Å².